The molecule has 1 heterocycles. The molecule has 0 aromatic carbocycles. The molecule has 2 fully saturated rings. The minimum atomic E-state index is -0.161. The molecule has 2 atom stereocenters. The first kappa shape index (κ1) is 13.3. The van der Waals surface area contributed by atoms with E-state index in [2.05, 4.69) is 4.90 Å². The van der Waals surface area contributed by atoms with E-state index in [-0.39, 0.29) is 6.10 Å². The van der Waals surface area contributed by atoms with Gasteiger partial charge in [-0.15, -0.1) is 0 Å². The quantitative estimate of drug-likeness (QED) is 0.792. The van der Waals surface area contributed by atoms with Gasteiger partial charge in [-0.05, 0) is 58.4 Å². The first-order chi connectivity index (χ1) is 8.16. The van der Waals surface area contributed by atoms with Gasteiger partial charge in [0.1, 0.15) is 0 Å². The summed E-state index contributed by atoms with van der Waals surface area (Å²) in [5.41, 5.74) is 5.98. The van der Waals surface area contributed by atoms with Gasteiger partial charge in [-0.3, -0.25) is 4.90 Å². The third-order valence-electron chi connectivity index (χ3n) is 4.50. The van der Waals surface area contributed by atoms with Gasteiger partial charge in [0.15, 0.2) is 0 Å². The van der Waals surface area contributed by atoms with Gasteiger partial charge in [0, 0.05) is 18.1 Å². The maximum absolute atomic E-state index is 9.62. The van der Waals surface area contributed by atoms with Crippen LogP contribution in [0, 0.1) is 0 Å². The molecule has 1 aliphatic carbocycles. The predicted molar refractivity (Wildman–Crippen MR) is 70.9 cm³/mol. The highest BCUT2D eigenvalue weighted by Gasteiger charge is 2.31. The number of nitrogens with two attached hydrogens (primary N) is 1. The minimum absolute atomic E-state index is 0.161. The van der Waals surface area contributed by atoms with Crippen molar-refractivity contribution in [2.45, 2.75) is 82.5 Å². The maximum atomic E-state index is 9.62. The molecule has 0 bridgehead atoms. The Balaban J connectivity index is 1.91. The van der Waals surface area contributed by atoms with Gasteiger partial charge in [0.05, 0.1) is 6.10 Å². The van der Waals surface area contributed by atoms with Crippen LogP contribution < -0.4 is 5.73 Å². The lowest BCUT2D eigenvalue weighted by molar-refractivity contribution is 0.0391. The second-order valence-electron chi connectivity index (χ2n) is 6.04. The standard InChI is InChI=1S/C14H28N2O/c1-11(17)10-14-4-2-3-9-16(14)13-7-5-12(15)6-8-13/h11-14,17H,2-10,15H2,1H3. The molecule has 2 unspecified atom stereocenters. The van der Waals surface area contributed by atoms with E-state index in [0.29, 0.717) is 12.1 Å². The zero-order valence-electron chi connectivity index (χ0n) is 11.1. The van der Waals surface area contributed by atoms with E-state index >= 15 is 0 Å². The number of aliphatic hydroxyl groups is 1. The molecule has 3 N–H and O–H groups in total. The molecule has 100 valence electrons. The van der Waals surface area contributed by atoms with E-state index in [1.54, 1.807) is 0 Å². The predicted octanol–water partition coefficient (Wildman–Crippen LogP) is 1.88. The Bertz CT molecular complexity index is 224. The average molecular weight is 240 g/mol. The highest BCUT2D eigenvalue weighted by molar-refractivity contribution is 4.87. The number of likely N-dealkylation sites (tertiary alicyclic amines) is 1. The average Bonchev–Trinajstić information content (AvgIpc) is 2.30. The molecule has 1 saturated heterocycles. The zero-order chi connectivity index (χ0) is 12.3. The molecule has 3 heteroatoms. The van der Waals surface area contributed by atoms with Crippen molar-refractivity contribution in [2.24, 2.45) is 5.73 Å². The van der Waals surface area contributed by atoms with Gasteiger partial charge in [0.25, 0.3) is 0 Å². The zero-order valence-corrected chi connectivity index (χ0v) is 11.1. The molecule has 3 nitrogen and oxygen atoms in total. The third-order valence-corrected chi connectivity index (χ3v) is 4.50. The fraction of sp³-hybridized carbons (Fsp3) is 1.00. The van der Waals surface area contributed by atoms with Crippen molar-refractivity contribution in [3.63, 3.8) is 0 Å². The molecule has 0 amide bonds. The van der Waals surface area contributed by atoms with E-state index in [1.165, 1.54) is 51.5 Å². The summed E-state index contributed by atoms with van der Waals surface area (Å²) < 4.78 is 0. The molecular weight excluding hydrogens is 212 g/mol. The number of nitrogens with zero attached hydrogens (tertiary/aromatic N) is 1. The molecule has 0 radical (unpaired) electrons. The first-order valence-electron chi connectivity index (χ1n) is 7.36. The van der Waals surface area contributed by atoms with Crippen LogP contribution in [0.4, 0.5) is 0 Å². The molecule has 1 saturated carbocycles. The monoisotopic (exact) mass is 240 g/mol. The molecule has 2 aliphatic rings. The van der Waals surface area contributed by atoms with Crippen LogP contribution >= 0.6 is 0 Å². The van der Waals surface area contributed by atoms with Crippen molar-refractivity contribution < 1.29 is 5.11 Å². The lowest BCUT2D eigenvalue weighted by Crippen LogP contribution is -2.49. The van der Waals surface area contributed by atoms with Crippen LogP contribution in [0.2, 0.25) is 0 Å². The van der Waals surface area contributed by atoms with Crippen molar-refractivity contribution >= 4 is 0 Å². The van der Waals surface area contributed by atoms with Gasteiger partial charge in [-0.1, -0.05) is 6.42 Å². The van der Waals surface area contributed by atoms with Crippen molar-refractivity contribution in [3.05, 3.63) is 0 Å². The SMILES string of the molecule is CC(O)CC1CCCCN1C1CCC(N)CC1. The van der Waals surface area contributed by atoms with Crippen LogP contribution in [0.25, 0.3) is 0 Å². The fourth-order valence-electron chi connectivity index (χ4n) is 3.58. The summed E-state index contributed by atoms with van der Waals surface area (Å²) in [4.78, 5) is 2.68. The normalized spacial score (nSPS) is 37.9. The fourth-order valence-corrected chi connectivity index (χ4v) is 3.58. The Morgan fingerprint density at radius 2 is 1.88 bits per heavy atom. The van der Waals surface area contributed by atoms with Crippen molar-refractivity contribution in [3.8, 4) is 0 Å². The summed E-state index contributed by atoms with van der Waals surface area (Å²) >= 11 is 0. The maximum Gasteiger partial charge on any atom is 0.0527 e. The largest absolute Gasteiger partial charge is 0.393 e. The lowest BCUT2D eigenvalue weighted by Gasteiger charge is -2.44. The van der Waals surface area contributed by atoms with E-state index in [0.717, 1.165) is 12.5 Å². The van der Waals surface area contributed by atoms with Gasteiger partial charge < -0.3 is 10.8 Å². The van der Waals surface area contributed by atoms with Crippen LogP contribution in [0.15, 0.2) is 0 Å². The molecule has 17 heavy (non-hydrogen) atoms. The van der Waals surface area contributed by atoms with E-state index in [9.17, 15) is 5.11 Å². The number of piperidine rings is 1. The van der Waals surface area contributed by atoms with Crippen LogP contribution in [-0.2, 0) is 0 Å². The molecule has 2 rings (SSSR count). The van der Waals surface area contributed by atoms with Gasteiger partial charge in [-0.25, -0.2) is 0 Å². The van der Waals surface area contributed by atoms with Gasteiger partial charge in [-0.2, -0.15) is 0 Å². The van der Waals surface area contributed by atoms with Crippen molar-refractivity contribution in [1.82, 2.24) is 4.90 Å². The lowest BCUT2D eigenvalue weighted by atomic mass is 9.87. The number of aliphatic hydroxyl groups excluding tert-OH is 1. The summed E-state index contributed by atoms with van der Waals surface area (Å²) in [7, 11) is 0. The summed E-state index contributed by atoms with van der Waals surface area (Å²) in [6, 6.07) is 1.79. The summed E-state index contributed by atoms with van der Waals surface area (Å²) in [5.74, 6) is 0. The summed E-state index contributed by atoms with van der Waals surface area (Å²) in [5, 5.41) is 9.62. The Morgan fingerprint density at radius 1 is 1.18 bits per heavy atom. The smallest absolute Gasteiger partial charge is 0.0527 e. The van der Waals surface area contributed by atoms with E-state index < -0.39 is 0 Å². The molecule has 1 aliphatic heterocycles. The first-order valence-corrected chi connectivity index (χ1v) is 7.36. The van der Waals surface area contributed by atoms with Crippen molar-refractivity contribution in [1.29, 1.82) is 0 Å². The van der Waals surface area contributed by atoms with Gasteiger partial charge >= 0.3 is 0 Å². The minimum Gasteiger partial charge on any atom is -0.393 e. The highest BCUT2D eigenvalue weighted by atomic mass is 16.3. The molecule has 0 spiro atoms. The number of hydrogen-bond acceptors (Lipinski definition) is 3. The van der Waals surface area contributed by atoms with Crippen LogP contribution in [0.3, 0.4) is 0 Å². The van der Waals surface area contributed by atoms with Gasteiger partial charge in [0.2, 0.25) is 0 Å². The molecular formula is C14H28N2O. The Labute approximate surface area is 105 Å². The third kappa shape index (κ3) is 3.67. The van der Waals surface area contributed by atoms with Crippen LogP contribution in [0.5, 0.6) is 0 Å². The molecule has 0 aromatic heterocycles. The highest BCUT2D eigenvalue weighted by Crippen LogP contribution is 2.29. The van der Waals surface area contributed by atoms with Crippen LogP contribution in [0.1, 0.15) is 58.3 Å². The summed E-state index contributed by atoms with van der Waals surface area (Å²) in [6.07, 6.45) is 9.61. The van der Waals surface area contributed by atoms with Crippen molar-refractivity contribution in [2.75, 3.05) is 6.54 Å². The van der Waals surface area contributed by atoms with Crippen LogP contribution in [-0.4, -0.2) is 40.8 Å². The second kappa shape index (κ2) is 6.17. The topological polar surface area (TPSA) is 49.5 Å². The number of hydrogen-bond donors (Lipinski definition) is 2. The Kier molecular flexibility index (Phi) is 4.83. The summed E-state index contributed by atoms with van der Waals surface area (Å²) in [6.45, 7) is 3.15. The Hall–Kier alpha value is -0.120. The second-order valence-corrected chi connectivity index (χ2v) is 6.04. The number of rotatable bonds is 3. The molecule has 0 aromatic rings. The van der Waals surface area contributed by atoms with E-state index in [1.807, 2.05) is 6.92 Å². The Morgan fingerprint density at radius 3 is 2.53 bits per heavy atom. The van der Waals surface area contributed by atoms with E-state index in [4.69, 9.17) is 5.73 Å².